The predicted octanol–water partition coefficient (Wildman–Crippen LogP) is 0.685. The van der Waals surface area contributed by atoms with E-state index in [-0.39, 0.29) is 18.3 Å². The Bertz CT molecular complexity index is 473. The first kappa shape index (κ1) is 16.5. The lowest BCUT2D eigenvalue weighted by molar-refractivity contribution is -0.134. The summed E-state index contributed by atoms with van der Waals surface area (Å²) in [5, 5.41) is 9.36. The highest BCUT2D eigenvalue weighted by Crippen LogP contribution is 2.23. The van der Waals surface area contributed by atoms with E-state index in [0.29, 0.717) is 18.3 Å². The van der Waals surface area contributed by atoms with Crippen molar-refractivity contribution in [3.63, 3.8) is 0 Å². The van der Waals surface area contributed by atoms with Crippen LogP contribution in [0.25, 0.3) is 0 Å². The molecule has 0 radical (unpaired) electrons. The summed E-state index contributed by atoms with van der Waals surface area (Å²) in [5.41, 5.74) is 5.99. The molecule has 0 aliphatic carbocycles. The van der Waals surface area contributed by atoms with E-state index in [0.717, 1.165) is 17.5 Å². The minimum atomic E-state index is -0.888. The molecule has 7 nitrogen and oxygen atoms in total. The number of imidazole rings is 1. The molecule has 1 amide bonds. The summed E-state index contributed by atoms with van der Waals surface area (Å²) in [6.07, 6.45) is 1.74. The number of nitrogens with two attached hydrogens (primary N) is 1. The van der Waals surface area contributed by atoms with Gasteiger partial charge in [-0.2, -0.15) is 0 Å². The second-order valence-electron chi connectivity index (χ2n) is 4.47. The Morgan fingerprint density at radius 2 is 2.25 bits per heavy atom. The van der Waals surface area contributed by atoms with Crippen molar-refractivity contribution in [3.8, 4) is 0 Å². The average Bonchev–Trinajstić information content (AvgIpc) is 2.75. The molecule has 0 spiro atoms. The number of aromatic nitrogens is 2. The molecule has 0 fully saturated rings. The number of carbonyl (C=O) groups is 2. The van der Waals surface area contributed by atoms with Crippen LogP contribution in [-0.2, 0) is 20.9 Å². The standard InChI is InChI=1S/C12H19N3O4S/c1-8(2)9-5-14-12(20-7-11(17)18)15(9)3-4-19-6-10(13)16/h5,8H,3-4,6-7H2,1-2H3,(H2,13,16)(H,17,18). The van der Waals surface area contributed by atoms with Crippen molar-refractivity contribution in [2.24, 2.45) is 5.73 Å². The van der Waals surface area contributed by atoms with Gasteiger partial charge in [0.1, 0.15) is 6.61 Å². The second kappa shape index (κ2) is 7.91. The van der Waals surface area contributed by atoms with Gasteiger partial charge in [0.2, 0.25) is 5.91 Å². The zero-order chi connectivity index (χ0) is 15.1. The molecule has 20 heavy (non-hydrogen) atoms. The van der Waals surface area contributed by atoms with E-state index in [4.69, 9.17) is 15.6 Å². The maximum atomic E-state index is 10.6. The number of carboxylic acid groups (broad SMARTS) is 1. The maximum Gasteiger partial charge on any atom is 0.313 e. The van der Waals surface area contributed by atoms with Crippen LogP contribution in [0.3, 0.4) is 0 Å². The van der Waals surface area contributed by atoms with E-state index < -0.39 is 11.9 Å². The molecular formula is C12H19N3O4S. The molecule has 0 atom stereocenters. The van der Waals surface area contributed by atoms with Gasteiger partial charge >= 0.3 is 5.97 Å². The first-order chi connectivity index (χ1) is 9.41. The smallest absolute Gasteiger partial charge is 0.313 e. The number of carbonyl (C=O) groups excluding carboxylic acids is 1. The summed E-state index contributed by atoms with van der Waals surface area (Å²) < 4.78 is 7.05. The zero-order valence-electron chi connectivity index (χ0n) is 11.5. The number of hydrogen-bond donors (Lipinski definition) is 2. The molecule has 0 bridgehead atoms. The Balaban J connectivity index is 2.70. The Morgan fingerprint density at radius 1 is 1.55 bits per heavy atom. The normalized spacial score (nSPS) is 10.9. The molecular weight excluding hydrogens is 282 g/mol. The first-order valence-corrected chi connectivity index (χ1v) is 7.16. The van der Waals surface area contributed by atoms with Gasteiger partial charge in [0, 0.05) is 18.4 Å². The third kappa shape index (κ3) is 5.22. The molecule has 0 aliphatic rings. The molecule has 0 unspecified atom stereocenters. The summed E-state index contributed by atoms with van der Waals surface area (Å²) in [5.74, 6) is -1.19. The first-order valence-electron chi connectivity index (χ1n) is 6.18. The molecule has 0 saturated heterocycles. The molecule has 0 aromatic carbocycles. The van der Waals surface area contributed by atoms with E-state index in [1.165, 1.54) is 0 Å². The fraction of sp³-hybridized carbons (Fsp3) is 0.583. The van der Waals surface area contributed by atoms with Gasteiger partial charge in [-0.05, 0) is 5.92 Å². The third-order valence-electron chi connectivity index (χ3n) is 2.47. The number of rotatable bonds is 9. The van der Waals surface area contributed by atoms with Crippen LogP contribution in [-0.4, -0.2) is 45.5 Å². The highest BCUT2D eigenvalue weighted by atomic mass is 32.2. The lowest BCUT2D eigenvalue weighted by Crippen LogP contribution is -2.20. The monoisotopic (exact) mass is 301 g/mol. The van der Waals surface area contributed by atoms with Crippen molar-refractivity contribution in [1.82, 2.24) is 9.55 Å². The van der Waals surface area contributed by atoms with Crippen molar-refractivity contribution in [3.05, 3.63) is 11.9 Å². The lowest BCUT2D eigenvalue weighted by Gasteiger charge is -2.13. The Labute approximate surface area is 121 Å². The van der Waals surface area contributed by atoms with Crippen LogP contribution in [0.2, 0.25) is 0 Å². The summed E-state index contributed by atoms with van der Waals surface area (Å²) in [6, 6.07) is 0. The van der Waals surface area contributed by atoms with Crippen LogP contribution in [0.5, 0.6) is 0 Å². The number of amides is 1. The number of thioether (sulfide) groups is 1. The van der Waals surface area contributed by atoms with E-state index in [9.17, 15) is 9.59 Å². The van der Waals surface area contributed by atoms with Gasteiger partial charge < -0.3 is 20.1 Å². The van der Waals surface area contributed by atoms with E-state index in [1.54, 1.807) is 6.20 Å². The molecule has 0 aliphatic heterocycles. The van der Waals surface area contributed by atoms with Crippen molar-refractivity contribution in [2.75, 3.05) is 19.0 Å². The van der Waals surface area contributed by atoms with Crippen molar-refractivity contribution < 1.29 is 19.4 Å². The topological polar surface area (TPSA) is 107 Å². The van der Waals surface area contributed by atoms with Crippen LogP contribution >= 0.6 is 11.8 Å². The molecule has 3 N–H and O–H groups in total. The number of nitrogens with zero attached hydrogens (tertiary/aromatic N) is 2. The minimum absolute atomic E-state index is 0.0449. The van der Waals surface area contributed by atoms with Gasteiger partial charge in [-0.1, -0.05) is 25.6 Å². The fourth-order valence-corrected chi connectivity index (χ4v) is 2.36. The molecule has 8 heteroatoms. The quantitative estimate of drug-likeness (QED) is 0.513. The number of aliphatic carboxylic acids is 1. The summed E-state index contributed by atoms with van der Waals surface area (Å²) in [6.45, 7) is 4.76. The average molecular weight is 301 g/mol. The third-order valence-corrected chi connectivity index (χ3v) is 3.44. The van der Waals surface area contributed by atoms with Crippen LogP contribution in [0.15, 0.2) is 11.4 Å². The second-order valence-corrected chi connectivity index (χ2v) is 5.42. The number of ether oxygens (including phenoxy) is 1. The number of hydrogen-bond acceptors (Lipinski definition) is 5. The number of carboxylic acids is 1. The van der Waals surface area contributed by atoms with Crippen LogP contribution in [0, 0.1) is 0 Å². The molecule has 0 saturated carbocycles. The van der Waals surface area contributed by atoms with Gasteiger partial charge in [0.25, 0.3) is 0 Å². The van der Waals surface area contributed by atoms with E-state index in [2.05, 4.69) is 4.98 Å². The Morgan fingerprint density at radius 3 is 2.80 bits per heavy atom. The van der Waals surface area contributed by atoms with Crippen LogP contribution < -0.4 is 5.73 Å². The summed E-state index contributed by atoms with van der Waals surface area (Å²) in [7, 11) is 0. The minimum Gasteiger partial charge on any atom is -0.481 e. The van der Waals surface area contributed by atoms with Crippen LogP contribution in [0.4, 0.5) is 0 Å². The Hall–Kier alpha value is -1.54. The molecule has 112 valence electrons. The van der Waals surface area contributed by atoms with Crippen molar-refractivity contribution in [1.29, 1.82) is 0 Å². The van der Waals surface area contributed by atoms with Crippen LogP contribution in [0.1, 0.15) is 25.5 Å². The predicted molar refractivity (Wildman–Crippen MR) is 74.7 cm³/mol. The summed E-state index contributed by atoms with van der Waals surface area (Å²) >= 11 is 1.16. The zero-order valence-corrected chi connectivity index (χ0v) is 12.4. The van der Waals surface area contributed by atoms with Gasteiger partial charge in [0.05, 0.1) is 12.4 Å². The van der Waals surface area contributed by atoms with Gasteiger partial charge in [-0.3, -0.25) is 9.59 Å². The molecule has 1 aromatic rings. The highest BCUT2D eigenvalue weighted by molar-refractivity contribution is 7.99. The van der Waals surface area contributed by atoms with Gasteiger partial charge in [-0.15, -0.1) is 0 Å². The molecule has 1 aromatic heterocycles. The van der Waals surface area contributed by atoms with E-state index >= 15 is 0 Å². The molecule has 1 heterocycles. The van der Waals surface area contributed by atoms with Gasteiger partial charge in [-0.25, -0.2) is 4.98 Å². The van der Waals surface area contributed by atoms with Gasteiger partial charge in [0.15, 0.2) is 5.16 Å². The number of primary amides is 1. The SMILES string of the molecule is CC(C)c1cnc(SCC(=O)O)n1CCOCC(N)=O. The van der Waals surface area contributed by atoms with Crippen molar-refractivity contribution in [2.45, 2.75) is 31.5 Å². The Kier molecular flexibility index (Phi) is 6.53. The fourth-order valence-electron chi connectivity index (χ4n) is 1.63. The largest absolute Gasteiger partial charge is 0.481 e. The highest BCUT2D eigenvalue weighted by Gasteiger charge is 2.14. The van der Waals surface area contributed by atoms with Crippen molar-refractivity contribution >= 4 is 23.6 Å². The van der Waals surface area contributed by atoms with E-state index in [1.807, 2.05) is 18.4 Å². The molecule has 1 rings (SSSR count). The lowest BCUT2D eigenvalue weighted by atomic mass is 10.1. The maximum absolute atomic E-state index is 10.6. The summed E-state index contributed by atoms with van der Waals surface area (Å²) in [4.78, 5) is 25.5.